The first-order valence-corrected chi connectivity index (χ1v) is 18.7. The maximum Gasteiger partial charge on any atom is 0.143 e. The SMILES string of the molecule is c1ccc(-c2ccccc2N(c2ccccc2-c2cccc3c2oc2ccccc23)c2ccccc2-c2cccc3oc4cc5ccccc5cc4c23)cc1. The Morgan fingerprint density at radius 1 is 0.309 bits per heavy atom. The van der Waals surface area contributed by atoms with Crippen molar-refractivity contribution in [2.24, 2.45) is 0 Å². The van der Waals surface area contributed by atoms with E-state index in [0.29, 0.717) is 0 Å². The van der Waals surface area contributed by atoms with Crippen LogP contribution in [0.3, 0.4) is 0 Å². The van der Waals surface area contributed by atoms with Crippen molar-refractivity contribution in [3.8, 4) is 33.4 Å². The third kappa shape index (κ3) is 5.05. The molecular weight excluding hydrogens is 671 g/mol. The van der Waals surface area contributed by atoms with Crippen molar-refractivity contribution in [2.75, 3.05) is 4.90 Å². The van der Waals surface area contributed by atoms with Crippen LogP contribution in [-0.2, 0) is 0 Å². The minimum Gasteiger partial charge on any atom is -0.456 e. The Balaban J connectivity index is 1.21. The van der Waals surface area contributed by atoms with Gasteiger partial charge < -0.3 is 13.7 Å². The predicted octanol–water partition coefficient (Wildman–Crippen LogP) is 15.1. The van der Waals surface area contributed by atoms with E-state index in [0.717, 1.165) is 99.7 Å². The van der Waals surface area contributed by atoms with Crippen LogP contribution in [0.5, 0.6) is 0 Å². The van der Waals surface area contributed by atoms with E-state index in [1.54, 1.807) is 0 Å². The van der Waals surface area contributed by atoms with Crippen LogP contribution in [0.15, 0.2) is 209 Å². The molecule has 3 nitrogen and oxygen atoms in total. The lowest BCUT2D eigenvalue weighted by Gasteiger charge is -2.31. The molecule has 9 aromatic carbocycles. The quantitative estimate of drug-likeness (QED) is 0.173. The normalized spacial score (nSPS) is 11.6. The van der Waals surface area contributed by atoms with Gasteiger partial charge in [-0.2, -0.15) is 0 Å². The number of anilines is 3. The molecule has 0 radical (unpaired) electrons. The van der Waals surface area contributed by atoms with Gasteiger partial charge in [-0.25, -0.2) is 0 Å². The Labute approximate surface area is 317 Å². The number of benzene rings is 9. The summed E-state index contributed by atoms with van der Waals surface area (Å²) in [6.07, 6.45) is 0. The van der Waals surface area contributed by atoms with Gasteiger partial charge in [0, 0.05) is 43.8 Å². The molecule has 55 heavy (non-hydrogen) atoms. The highest BCUT2D eigenvalue weighted by Crippen LogP contribution is 2.50. The van der Waals surface area contributed by atoms with Gasteiger partial charge >= 0.3 is 0 Å². The monoisotopic (exact) mass is 703 g/mol. The first-order valence-electron chi connectivity index (χ1n) is 18.7. The zero-order chi connectivity index (χ0) is 36.3. The maximum atomic E-state index is 6.65. The standard InChI is InChI=1S/C52H33NO2/c1-2-16-34(17-3-1)37-20-6-10-27-45(37)53(47-29-12-8-22-39(47)42-25-14-26-43-40-23-9-13-30-48(40)55-52(42)43)46-28-11-7-21-38(46)41-24-15-31-49-51(41)44-32-35-18-4-5-19-36(35)33-50(44)54-49/h1-33H. The molecule has 258 valence electrons. The smallest absolute Gasteiger partial charge is 0.143 e. The third-order valence-electron chi connectivity index (χ3n) is 10.9. The molecule has 0 N–H and O–H groups in total. The van der Waals surface area contributed by atoms with Crippen LogP contribution in [0, 0.1) is 0 Å². The molecule has 0 bridgehead atoms. The van der Waals surface area contributed by atoms with Crippen LogP contribution >= 0.6 is 0 Å². The van der Waals surface area contributed by atoms with Crippen LogP contribution in [0.4, 0.5) is 17.1 Å². The van der Waals surface area contributed by atoms with E-state index >= 15 is 0 Å². The summed E-state index contributed by atoms with van der Waals surface area (Å²) >= 11 is 0. The van der Waals surface area contributed by atoms with Gasteiger partial charge in [-0.3, -0.25) is 0 Å². The van der Waals surface area contributed by atoms with E-state index < -0.39 is 0 Å². The van der Waals surface area contributed by atoms with E-state index in [2.05, 4.69) is 193 Å². The number of furan rings is 2. The molecule has 2 heterocycles. The van der Waals surface area contributed by atoms with Crippen LogP contribution in [0.2, 0.25) is 0 Å². The fraction of sp³-hybridized carbons (Fsp3) is 0. The van der Waals surface area contributed by atoms with E-state index in [-0.39, 0.29) is 0 Å². The summed E-state index contributed by atoms with van der Waals surface area (Å²) in [4.78, 5) is 2.44. The van der Waals surface area contributed by atoms with Crippen molar-refractivity contribution >= 4 is 71.7 Å². The number of nitrogens with zero attached hydrogens (tertiary/aromatic N) is 1. The summed E-state index contributed by atoms with van der Waals surface area (Å²) in [5.41, 5.74) is 13.3. The predicted molar refractivity (Wildman–Crippen MR) is 229 cm³/mol. The van der Waals surface area contributed by atoms with E-state index in [4.69, 9.17) is 8.83 Å². The van der Waals surface area contributed by atoms with Gasteiger partial charge in [0.25, 0.3) is 0 Å². The van der Waals surface area contributed by atoms with E-state index in [1.807, 2.05) is 12.1 Å². The van der Waals surface area contributed by atoms with Gasteiger partial charge in [0.1, 0.15) is 22.3 Å². The second-order valence-corrected chi connectivity index (χ2v) is 14.0. The van der Waals surface area contributed by atoms with Gasteiger partial charge in [-0.15, -0.1) is 0 Å². The molecule has 0 aliphatic carbocycles. The molecule has 0 atom stereocenters. The van der Waals surface area contributed by atoms with Gasteiger partial charge in [0.15, 0.2) is 0 Å². The highest BCUT2D eigenvalue weighted by Gasteiger charge is 2.25. The first-order chi connectivity index (χ1) is 27.3. The van der Waals surface area contributed by atoms with Crippen LogP contribution < -0.4 is 4.90 Å². The van der Waals surface area contributed by atoms with E-state index in [1.165, 1.54) is 5.39 Å². The highest BCUT2D eigenvalue weighted by molar-refractivity contribution is 6.17. The van der Waals surface area contributed by atoms with E-state index in [9.17, 15) is 0 Å². The Hall–Kier alpha value is -7.36. The molecule has 0 spiro atoms. The second-order valence-electron chi connectivity index (χ2n) is 14.0. The van der Waals surface area contributed by atoms with Gasteiger partial charge in [-0.1, -0.05) is 158 Å². The lowest BCUT2D eigenvalue weighted by molar-refractivity contribution is 0.669. The molecule has 11 aromatic rings. The Morgan fingerprint density at radius 2 is 0.836 bits per heavy atom. The number of fused-ring (bicyclic) bond motifs is 7. The molecule has 0 saturated heterocycles. The molecule has 0 aliphatic rings. The fourth-order valence-corrected chi connectivity index (χ4v) is 8.41. The molecule has 2 aromatic heterocycles. The number of hydrogen-bond donors (Lipinski definition) is 0. The van der Waals surface area contributed by atoms with Crippen molar-refractivity contribution in [1.82, 2.24) is 0 Å². The topological polar surface area (TPSA) is 29.5 Å². The largest absolute Gasteiger partial charge is 0.456 e. The van der Waals surface area contributed by atoms with Gasteiger partial charge in [-0.05, 0) is 64.4 Å². The van der Waals surface area contributed by atoms with Crippen molar-refractivity contribution in [1.29, 1.82) is 0 Å². The van der Waals surface area contributed by atoms with Crippen molar-refractivity contribution in [2.45, 2.75) is 0 Å². The maximum absolute atomic E-state index is 6.65. The Kier molecular flexibility index (Phi) is 7.17. The molecule has 0 saturated carbocycles. The lowest BCUT2D eigenvalue weighted by atomic mass is 9.94. The third-order valence-corrected chi connectivity index (χ3v) is 10.9. The highest BCUT2D eigenvalue weighted by atomic mass is 16.3. The molecule has 11 rings (SSSR count). The zero-order valence-electron chi connectivity index (χ0n) is 29.8. The first kappa shape index (κ1) is 31.2. The van der Waals surface area contributed by atoms with Crippen LogP contribution in [0.25, 0.3) is 88.0 Å². The number of para-hydroxylation sites is 5. The molecule has 0 fully saturated rings. The molecular formula is C52H33NO2. The molecule has 0 unspecified atom stereocenters. The minimum atomic E-state index is 0.866. The minimum absolute atomic E-state index is 0.866. The average Bonchev–Trinajstić information content (AvgIpc) is 3.82. The molecule has 0 aliphatic heterocycles. The summed E-state index contributed by atoms with van der Waals surface area (Å²) in [5.74, 6) is 0. The van der Waals surface area contributed by atoms with Crippen molar-refractivity contribution in [3.63, 3.8) is 0 Å². The second kappa shape index (κ2) is 12.6. The van der Waals surface area contributed by atoms with Gasteiger partial charge in [0.05, 0.1) is 17.1 Å². The van der Waals surface area contributed by atoms with Crippen molar-refractivity contribution < 1.29 is 8.83 Å². The van der Waals surface area contributed by atoms with Crippen LogP contribution in [-0.4, -0.2) is 0 Å². The average molecular weight is 704 g/mol. The lowest BCUT2D eigenvalue weighted by Crippen LogP contribution is -2.13. The molecule has 3 heteroatoms. The Bertz CT molecular complexity index is 3220. The summed E-state index contributed by atoms with van der Waals surface area (Å²) < 4.78 is 13.2. The number of hydrogen-bond acceptors (Lipinski definition) is 3. The van der Waals surface area contributed by atoms with Crippen molar-refractivity contribution in [3.05, 3.63) is 200 Å². The number of rotatable bonds is 6. The fourth-order valence-electron chi connectivity index (χ4n) is 8.41. The van der Waals surface area contributed by atoms with Crippen LogP contribution in [0.1, 0.15) is 0 Å². The zero-order valence-corrected chi connectivity index (χ0v) is 29.8. The summed E-state index contributed by atoms with van der Waals surface area (Å²) in [6.45, 7) is 0. The summed E-state index contributed by atoms with van der Waals surface area (Å²) in [7, 11) is 0. The molecule has 0 amide bonds. The Morgan fingerprint density at radius 3 is 1.62 bits per heavy atom. The van der Waals surface area contributed by atoms with Gasteiger partial charge in [0.2, 0.25) is 0 Å². The summed E-state index contributed by atoms with van der Waals surface area (Å²) in [5, 5.41) is 6.77. The summed E-state index contributed by atoms with van der Waals surface area (Å²) in [6, 6.07) is 70.9.